The van der Waals surface area contributed by atoms with Crippen LogP contribution in [0.3, 0.4) is 0 Å². The van der Waals surface area contributed by atoms with Crippen LogP contribution in [0.1, 0.15) is 22.7 Å². The SMILES string of the molecule is CN(C)c1ccc(C(CNC(=O)C(=O)NCc2cccnc2)N2CCc3ccccc32)cc1. The first-order chi connectivity index (χ1) is 16.0. The molecule has 1 unspecified atom stereocenters. The fourth-order valence-electron chi connectivity index (χ4n) is 4.13. The largest absolute Gasteiger partial charge is 0.378 e. The third-order valence-corrected chi connectivity index (χ3v) is 5.93. The molecule has 0 saturated carbocycles. The van der Waals surface area contributed by atoms with Crippen molar-refractivity contribution < 1.29 is 9.59 Å². The number of rotatable bonds is 7. The number of fused-ring (bicyclic) bond motifs is 1. The molecule has 3 aromatic rings. The summed E-state index contributed by atoms with van der Waals surface area (Å²) in [6.07, 6.45) is 4.29. The van der Waals surface area contributed by atoms with Crippen LogP contribution >= 0.6 is 0 Å². The van der Waals surface area contributed by atoms with Gasteiger partial charge in [0.15, 0.2) is 0 Å². The van der Waals surface area contributed by atoms with Crippen molar-refractivity contribution in [3.63, 3.8) is 0 Å². The summed E-state index contributed by atoms with van der Waals surface area (Å²) in [4.78, 5) is 33.3. The predicted molar refractivity (Wildman–Crippen MR) is 130 cm³/mol. The van der Waals surface area contributed by atoms with Gasteiger partial charge in [-0.3, -0.25) is 14.6 Å². The van der Waals surface area contributed by atoms with Gasteiger partial charge in [0.05, 0.1) is 6.04 Å². The number of aromatic nitrogens is 1. The number of benzene rings is 2. The van der Waals surface area contributed by atoms with E-state index >= 15 is 0 Å². The molecule has 1 aliphatic heterocycles. The highest BCUT2D eigenvalue weighted by molar-refractivity contribution is 6.35. The van der Waals surface area contributed by atoms with Crippen LogP contribution < -0.4 is 20.4 Å². The molecule has 1 atom stereocenters. The minimum absolute atomic E-state index is 0.0834. The number of para-hydroxylation sites is 1. The molecule has 7 nitrogen and oxygen atoms in total. The lowest BCUT2D eigenvalue weighted by molar-refractivity contribution is -0.139. The molecule has 0 saturated heterocycles. The Kier molecular flexibility index (Phi) is 6.88. The molecule has 0 radical (unpaired) electrons. The van der Waals surface area contributed by atoms with Gasteiger partial charge in [0.2, 0.25) is 0 Å². The van der Waals surface area contributed by atoms with Crippen molar-refractivity contribution in [2.75, 3.05) is 37.0 Å². The molecule has 2 aromatic carbocycles. The summed E-state index contributed by atoms with van der Waals surface area (Å²) in [6, 6.07) is 20.2. The van der Waals surface area contributed by atoms with Crippen molar-refractivity contribution in [1.82, 2.24) is 15.6 Å². The van der Waals surface area contributed by atoms with E-state index in [-0.39, 0.29) is 12.6 Å². The van der Waals surface area contributed by atoms with Gasteiger partial charge in [0, 0.05) is 57.5 Å². The van der Waals surface area contributed by atoms with Gasteiger partial charge in [-0.15, -0.1) is 0 Å². The number of hydrogen-bond acceptors (Lipinski definition) is 5. The van der Waals surface area contributed by atoms with Crippen LogP contribution in [0.4, 0.5) is 11.4 Å². The average Bonchev–Trinajstić information content (AvgIpc) is 3.27. The van der Waals surface area contributed by atoms with E-state index in [2.05, 4.69) is 67.9 Å². The van der Waals surface area contributed by atoms with Crippen LogP contribution in [0.25, 0.3) is 0 Å². The van der Waals surface area contributed by atoms with Gasteiger partial charge in [-0.2, -0.15) is 0 Å². The molecule has 1 aromatic heterocycles. The van der Waals surface area contributed by atoms with E-state index in [0.29, 0.717) is 6.54 Å². The molecule has 0 fully saturated rings. The number of carbonyl (C=O) groups excluding carboxylic acids is 2. The average molecular weight is 444 g/mol. The van der Waals surface area contributed by atoms with Crippen molar-refractivity contribution in [3.8, 4) is 0 Å². The molecule has 170 valence electrons. The fourth-order valence-corrected chi connectivity index (χ4v) is 4.13. The second-order valence-corrected chi connectivity index (χ2v) is 8.33. The Morgan fingerprint density at radius 1 is 1.00 bits per heavy atom. The van der Waals surface area contributed by atoms with Crippen molar-refractivity contribution in [2.24, 2.45) is 0 Å². The smallest absolute Gasteiger partial charge is 0.309 e. The van der Waals surface area contributed by atoms with Gasteiger partial charge in [-0.05, 0) is 47.4 Å². The van der Waals surface area contributed by atoms with Gasteiger partial charge >= 0.3 is 11.8 Å². The second-order valence-electron chi connectivity index (χ2n) is 8.33. The van der Waals surface area contributed by atoms with E-state index in [4.69, 9.17) is 0 Å². The summed E-state index contributed by atoms with van der Waals surface area (Å²) in [5, 5.41) is 5.50. The van der Waals surface area contributed by atoms with Crippen molar-refractivity contribution in [3.05, 3.63) is 89.7 Å². The number of pyridine rings is 1. The number of nitrogens with one attached hydrogen (secondary N) is 2. The van der Waals surface area contributed by atoms with E-state index in [0.717, 1.165) is 29.8 Å². The van der Waals surface area contributed by atoms with Crippen LogP contribution in [0.2, 0.25) is 0 Å². The Morgan fingerprint density at radius 3 is 2.48 bits per heavy atom. The predicted octanol–water partition coefficient (Wildman–Crippen LogP) is 2.68. The van der Waals surface area contributed by atoms with E-state index < -0.39 is 11.8 Å². The minimum Gasteiger partial charge on any atom is -0.378 e. The molecular weight excluding hydrogens is 414 g/mol. The summed E-state index contributed by atoms with van der Waals surface area (Å²) in [6.45, 7) is 1.45. The second kappa shape index (κ2) is 10.2. The number of hydrogen-bond donors (Lipinski definition) is 2. The number of anilines is 2. The van der Waals surface area contributed by atoms with Crippen LogP contribution in [0.15, 0.2) is 73.1 Å². The first-order valence-electron chi connectivity index (χ1n) is 11.1. The van der Waals surface area contributed by atoms with Gasteiger partial charge in [0.25, 0.3) is 0 Å². The molecule has 1 aliphatic rings. The maximum Gasteiger partial charge on any atom is 0.309 e. The monoisotopic (exact) mass is 443 g/mol. The maximum atomic E-state index is 12.5. The lowest BCUT2D eigenvalue weighted by atomic mass is 10.0. The van der Waals surface area contributed by atoms with Gasteiger partial charge in [-0.25, -0.2) is 0 Å². The Hall–Kier alpha value is -3.87. The lowest BCUT2D eigenvalue weighted by Gasteiger charge is -2.31. The minimum atomic E-state index is -0.651. The summed E-state index contributed by atoms with van der Waals surface area (Å²) in [5.41, 5.74) is 5.51. The molecule has 0 bridgehead atoms. The molecule has 2 amide bonds. The van der Waals surface area contributed by atoms with Crippen molar-refractivity contribution >= 4 is 23.2 Å². The maximum absolute atomic E-state index is 12.5. The summed E-state index contributed by atoms with van der Waals surface area (Å²) in [7, 11) is 4.01. The first-order valence-corrected chi connectivity index (χ1v) is 11.1. The van der Waals surface area contributed by atoms with Gasteiger partial charge < -0.3 is 20.4 Å². The van der Waals surface area contributed by atoms with Crippen molar-refractivity contribution in [1.29, 1.82) is 0 Å². The van der Waals surface area contributed by atoms with Crippen LogP contribution in [-0.2, 0) is 22.6 Å². The highest BCUT2D eigenvalue weighted by Crippen LogP contribution is 2.35. The first kappa shape index (κ1) is 22.3. The molecule has 2 N–H and O–H groups in total. The van der Waals surface area contributed by atoms with E-state index in [1.165, 1.54) is 11.3 Å². The Labute approximate surface area is 194 Å². The Balaban J connectivity index is 1.47. The summed E-state index contributed by atoms with van der Waals surface area (Å²) >= 11 is 0. The molecule has 4 rings (SSSR count). The Bertz CT molecular complexity index is 1100. The number of nitrogens with zero attached hydrogens (tertiary/aromatic N) is 3. The topological polar surface area (TPSA) is 77.6 Å². The highest BCUT2D eigenvalue weighted by Gasteiger charge is 2.28. The van der Waals surface area contributed by atoms with E-state index in [9.17, 15) is 9.59 Å². The molecule has 0 aliphatic carbocycles. The summed E-state index contributed by atoms with van der Waals surface area (Å²) < 4.78 is 0. The van der Waals surface area contributed by atoms with Gasteiger partial charge in [-0.1, -0.05) is 36.4 Å². The molecular formula is C26H29N5O2. The van der Waals surface area contributed by atoms with Crippen LogP contribution in [-0.4, -0.2) is 44.0 Å². The standard InChI is InChI=1S/C26H29N5O2/c1-30(2)22-11-9-21(10-12-22)24(31-15-13-20-7-3-4-8-23(20)31)18-29-26(33)25(32)28-17-19-6-5-14-27-16-19/h3-12,14,16,24H,13,15,17-18H2,1-2H3,(H,28,32)(H,29,33). The van der Waals surface area contributed by atoms with Gasteiger partial charge in [0.1, 0.15) is 0 Å². The van der Waals surface area contributed by atoms with Crippen LogP contribution in [0.5, 0.6) is 0 Å². The Morgan fingerprint density at radius 2 is 1.76 bits per heavy atom. The number of amides is 2. The lowest BCUT2D eigenvalue weighted by Crippen LogP contribution is -2.43. The molecule has 0 spiro atoms. The molecule has 2 heterocycles. The molecule has 33 heavy (non-hydrogen) atoms. The van der Waals surface area contributed by atoms with Crippen molar-refractivity contribution in [2.45, 2.75) is 19.0 Å². The quantitative estimate of drug-likeness (QED) is 0.549. The molecule has 7 heteroatoms. The third-order valence-electron chi connectivity index (χ3n) is 5.93. The normalized spacial score (nSPS) is 13.2. The zero-order valence-electron chi connectivity index (χ0n) is 19.0. The van der Waals surface area contributed by atoms with E-state index in [1.54, 1.807) is 18.5 Å². The fraction of sp³-hybridized carbons (Fsp3) is 0.269. The number of carbonyl (C=O) groups is 2. The summed E-state index contributed by atoms with van der Waals surface area (Å²) in [5.74, 6) is -1.29. The highest BCUT2D eigenvalue weighted by atomic mass is 16.2. The zero-order valence-corrected chi connectivity index (χ0v) is 19.0. The van der Waals surface area contributed by atoms with Crippen LogP contribution in [0, 0.1) is 0 Å². The zero-order chi connectivity index (χ0) is 23.2. The van der Waals surface area contributed by atoms with E-state index in [1.807, 2.05) is 26.2 Å². The third kappa shape index (κ3) is 5.31.